The van der Waals surface area contributed by atoms with E-state index in [2.05, 4.69) is 26.8 Å². The van der Waals surface area contributed by atoms with Crippen LogP contribution < -0.4 is 4.74 Å². The van der Waals surface area contributed by atoms with Gasteiger partial charge in [-0.3, -0.25) is 0 Å². The summed E-state index contributed by atoms with van der Waals surface area (Å²) in [5.74, 6) is 0.765. The Bertz CT molecular complexity index is 755. The number of phenolic OH excluding ortho intramolecular Hbond substituents is 1. The summed E-state index contributed by atoms with van der Waals surface area (Å²) in [5, 5.41) is 9.93. The monoisotopic (exact) mass is 356 g/mol. The predicted molar refractivity (Wildman–Crippen MR) is 101 cm³/mol. The third-order valence-electron chi connectivity index (χ3n) is 5.12. The molecule has 0 radical (unpaired) electrons. The van der Waals surface area contributed by atoms with Crippen molar-refractivity contribution in [2.75, 3.05) is 6.61 Å². The van der Waals surface area contributed by atoms with Gasteiger partial charge in [-0.2, -0.15) is 0 Å². The molecule has 2 aliphatic rings. The van der Waals surface area contributed by atoms with Gasteiger partial charge in [0.2, 0.25) is 0 Å². The van der Waals surface area contributed by atoms with Crippen molar-refractivity contribution in [2.24, 2.45) is 0 Å². The molecule has 2 aliphatic heterocycles. The zero-order chi connectivity index (χ0) is 18.7. The van der Waals surface area contributed by atoms with Gasteiger partial charge < -0.3 is 14.6 Å². The molecule has 3 rings (SSSR count). The van der Waals surface area contributed by atoms with Crippen LogP contribution in [0.5, 0.6) is 11.5 Å². The second kappa shape index (κ2) is 7.56. The van der Waals surface area contributed by atoms with Crippen LogP contribution in [0.4, 0.5) is 0 Å². The van der Waals surface area contributed by atoms with Crippen LogP contribution in [0, 0.1) is 0 Å². The van der Waals surface area contributed by atoms with Crippen molar-refractivity contribution in [3.8, 4) is 11.5 Å². The minimum atomic E-state index is -0.296. The van der Waals surface area contributed by atoms with Crippen molar-refractivity contribution in [2.45, 2.75) is 64.9 Å². The van der Waals surface area contributed by atoms with Gasteiger partial charge in [0.25, 0.3) is 0 Å². The van der Waals surface area contributed by atoms with Crippen LogP contribution in [0.15, 0.2) is 41.0 Å². The molecule has 1 aromatic rings. The number of fused-ring (bicyclic) bond motifs is 1. The van der Waals surface area contributed by atoms with Gasteiger partial charge in [0.15, 0.2) is 0 Å². The number of carbonyl (C=O) groups excluding carboxylic acids is 1. The molecule has 0 aliphatic carbocycles. The van der Waals surface area contributed by atoms with Gasteiger partial charge in [-0.25, -0.2) is 4.79 Å². The van der Waals surface area contributed by atoms with Crippen molar-refractivity contribution in [1.82, 2.24) is 0 Å². The molecular weight excluding hydrogens is 328 g/mol. The molecule has 0 spiro atoms. The molecule has 26 heavy (non-hydrogen) atoms. The Morgan fingerprint density at radius 3 is 2.81 bits per heavy atom. The Morgan fingerprint density at radius 2 is 2.00 bits per heavy atom. The van der Waals surface area contributed by atoms with Crippen molar-refractivity contribution in [3.63, 3.8) is 0 Å². The molecule has 0 saturated carbocycles. The zero-order valence-electron chi connectivity index (χ0n) is 15.9. The van der Waals surface area contributed by atoms with E-state index in [1.807, 2.05) is 6.07 Å². The smallest absolute Gasteiger partial charge is 0.334 e. The van der Waals surface area contributed by atoms with Crippen LogP contribution in [0.1, 0.15) is 58.4 Å². The highest BCUT2D eigenvalue weighted by atomic mass is 16.5. The second-order valence-corrected chi connectivity index (χ2v) is 7.93. The maximum absolute atomic E-state index is 12.1. The fourth-order valence-electron chi connectivity index (χ4n) is 3.65. The van der Waals surface area contributed by atoms with Gasteiger partial charge in [0.1, 0.15) is 23.7 Å². The largest absolute Gasteiger partial charge is 0.508 e. The number of aromatic hydroxyl groups is 1. The predicted octanol–water partition coefficient (Wildman–Crippen LogP) is 4.86. The van der Waals surface area contributed by atoms with Gasteiger partial charge in [0.05, 0.1) is 0 Å². The normalized spacial score (nSPS) is 23.0. The molecule has 4 nitrogen and oxygen atoms in total. The molecule has 0 fully saturated rings. The average molecular weight is 356 g/mol. The Labute approximate surface area is 155 Å². The highest BCUT2D eigenvalue weighted by molar-refractivity contribution is 5.91. The topological polar surface area (TPSA) is 55.8 Å². The summed E-state index contributed by atoms with van der Waals surface area (Å²) in [4.78, 5) is 12.1. The molecule has 0 aromatic heterocycles. The fourth-order valence-corrected chi connectivity index (χ4v) is 3.65. The summed E-state index contributed by atoms with van der Waals surface area (Å²) in [6, 6.07) is 5.20. The standard InChI is InChI=1S/C22H28O4/c1-15-6-4-8-19-17(14-25-21(19)24)12-16-13-18(23)9-10-20(16)26-22(2,3)11-5-7-15/h6,9-10,13,23H,4-5,7-8,11-12,14H2,1-3H3/b15-6+. The number of phenols is 1. The maximum Gasteiger partial charge on any atom is 0.334 e. The Morgan fingerprint density at radius 1 is 1.19 bits per heavy atom. The summed E-state index contributed by atoms with van der Waals surface area (Å²) >= 11 is 0. The van der Waals surface area contributed by atoms with Crippen molar-refractivity contribution < 1.29 is 19.4 Å². The van der Waals surface area contributed by atoms with Crippen LogP contribution in [0.25, 0.3) is 0 Å². The van der Waals surface area contributed by atoms with Gasteiger partial charge in [-0.05, 0) is 76.6 Å². The number of hydrogen-bond acceptors (Lipinski definition) is 4. The molecule has 0 amide bonds. The second-order valence-electron chi connectivity index (χ2n) is 7.93. The molecule has 1 N–H and O–H groups in total. The third-order valence-corrected chi connectivity index (χ3v) is 5.12. The zero-order valence-corrected chi connectivity index (χ0v) is 15.9. The van der Waals surface area contributed by atoms with Gasteiger partial charge in [-0.1, -0.05) is 11.6 Å². The number of ether oxygens (including phenoxy) is 2. The Balaban J connectivity index is 1.98. The van der Waals surface area contributed by atoms with Crippen molar-refractivity contribution >= 4 is 5.97 Å². The number of allylic oxidation sites excluding steroid dienone is 2. The lowest BCUT2D eigenvalue weighted by atomic mass is 9.95. The van der Waals surface area contributed by atoms with Gasteiger partial charge in [0, 0.05) is 17.6 Å². The first-order chi connectivity index (χ1) is 12.3. The van der Waals surface area contributed by atoms with Crippen LogP contribution in [-0.2, 0) is 16.0 Å². The van der Waals surface area contributed by atoms with Crippen LogP contribution in [0.2, 0.25) is 0 Å². The van der Waals surface area contributed by atoms with Crippen molar-refractivity contribution in [3.05, 3.63) is 46.6 Å². The maximum atomic E-state index is 12.1. The van der Waals surface area contributed by atoms with Gasteiger partial charge in [-0.15, -0.1) is 0 Å². The molecule has 140 valence electrons. The quantitative estimate of drug-likeness (QED) is 0.533. The van der Waals surface area contributed by atoms with Gasteiger partial charge >= 0.3 is 5.97 Å². The van der Waals surface area contributed by atoms with E-state index in [9.17, 15) is 9.90 Å². The summed E-state index contributed by atoms with van der Waals surface area (Å²) in [5.41, 5.74) is 3.73. The minimum Gasteiger partial charge on any atom is -0.508 e. The lowest BCUT2D eigenvalue weighted by Crippen LogP contribution is -2.28. The molecule has 0 unspecified atom stereocenters. The van der Waals surface area contributed by atoms with Crippen molar-refractivity contribution in [1.29, 1.82) is 0 Å². The Hall–Kier alpha value is -2.23. The number of carbonyl (C=O) groups is 1. The lowest BCUT2D eigenvalue weighted by molar-refractivity contribution is -0.136. The highest BCUT2D eigenvalue weighted by Gasteiger charge is 2.27. The van der Waals surface area contributed by atoms with E-state index in [0.29, 0.717) is 19.4 Å². The fraction of sp³-hybridized carbons (Fsp3) is 0.500. The van der Waals surface area contributed by atoms with E-state index in [0.717, 1.165) is 48.1 Å². The molecule has 0 saturated heterocycles. The molecule has 0 bridgehead atoms. The third kappa shape index (κ3) is 4.48. The van der Waals surface area contributed by atoms with E-state index in [1.165, 1.54) is 5.57 Å². The van der Waals surface area contributed by atoms with E-state index in [4.69, 9.17) is 9.47 Å². The summed E-state index contributed by atoms with van der Waals surface area (Å²) in [6.07, 6.45) is 7.39. The highest BCUT2D eigenvalue weighted by Crippen LogP contribution is 2.33. The molecule has 4 heteroatoms. The minimum absolute atomic E-state index is 0.206. The first kappa shape index (κ1) is 18.6. The SMILES string of the molecule is C/C1=C\CCC2=C(COC2=O)Cc2cc(O)ccc2OC(C)(C)CCC1. The number of cyclic esters (lactones) is 1. The first-order valence-corrected chi connectivity index (χ1v) is 9.39. The Kier molecular flexibility index (Phi) is 5.40. The van der Waals surface area contributed by atoms with E-state index in [1.54, 1.807) is 12.1 Å². The number of hydrogen-bond donors (Lipinski definition) is 1. The summed E-state index contributed by atoms with van der Waals surface area (Å²) in [7, 11) is 0. The molecule has 0 atom stereocenters. The van der Waals surface area contributed by atoms with E-state index >= 15 is 0 Å². The van der Waals surface area contributed by atoms with Crippen LogP contribution in [0.3, 0.4) is 0 Å². The van der Waals surface area contributed by atoms with E-state index in [-0.39, 0.29) is 17.3 Å². The van der Waals surface area contributed by atoms with Crippen LogP contribution in [-0.4, -0.2) is 23.3 Å². The molecule has 1 aromatic carbocycles. The number of esters is 1. The number of benzene rings is 1. The lowest BCUT2D eigenvalue weighted by Gasteiger charge is -2.28. The van der Waals surface area contributed by atoms with Crippen LogP contribution >= 0.6 is 0 Å². The summed E-state index contributed by atoms with van der Waals surface area (Å²) in [6.45, 7) is 6.68. The summed E-state index contributed by atoms with van der Waals surface area (Å²) < 4.78 is 11.6. The van der Waals surface area contributed by atoms with E-state index < -0.39 is 0 Å². The average Bonchev–Trinajstić information content (AvgIpc) is 2.90. The number of rotatable bonds is 0. The molecule has 2 heterocycles. The molecular formula is C22H28O4. The first-order valence-electron chi connectivity index (χ1n) is 9.39.